The van der Waals surface area contributed by atoms with E-state index in [1.54, 1.807) is 0 Å². The predicted octanol–water partition coefficient (Wildman–Crippen LogP) is 3.66. The predicted molar refractivity (Wildman–Crippen MR) is 101 cm³/mol. The van der Waals surface area contributed by atoms with Crippen LogP contribution in [-0.4, -0.2) is 29.2 Å². The molecule has 1 aromatic heterocycles. The zero-order valence-corrected chi connectivity index (χ0v) is 14.3. The minimum absolute atomic E-state index is 0.0596. The molecule has 5 heteroatoms. The number of amides is 1. The summed E-state index contributed by atoms with van der Waals surface area (Å²) in [6.45, 7) is 3.64. The molecule has 128 valence electrons. The first-order valence-corrected chi connectivity index (χ1v) is 8.77. The molecule has 0 spiro atoms. The fraction of sp³-hybridized carbons (Fsp3) is 0.300. The molecule has 1 saturated heterocycles. The molecule has 0 saturated carbocycles. The number of hydrogen-bond acceptors (Lipinski definition) is 3. The van der Waals surface area contributed by atoms with Gasteiger partial charge in [-0.2, -0.15) is 5.10 Å². The topological polar surface area (TPSA) is 69.8 Å². The van der Waals surface area contributed by atoms with Gasteiger partial charge in [-0.3, -0.25) is 9.89 Å². The van der Waals surface area contributed by atoms with Crippen molar-refractivity contribution in [2.45, 2.75) is 25.7 Å². The number of aromatic amines is 1. The molecule has 1 aliphatic heterocycles. The second-order valence-electron chi connectivity index (χ2n) is 6.66. The van der Waals surface area contributed by atoms with Crippen molar-refractivity contribution in [2.24, 2.45) is 0 Å². The molecule has 5 nitrogen and oxygen atoms in total. The molecule has 25 heavy (non-hydrogen) atoms. The van der Waals surface area contributed by atoms with Gasteiger partial charge in [0.15, 0.2) is 0 Å². The fourth-order valence-corrected chi connectivity index (χ4v) is 3.61. The van der Waals surface area contributed by atoms with Gasteiger partial charge < -0.3 is 10.6 Å². The average molecular weight is 334 g/mol. The molecule has 4 rings (SSSR count). The number of carbonyl (C=O) groups is 1. The molecule has 2 heterocycles. The second-order valence-corrected chi connectivity index (χ2v) is 6.66. The van der Waals surface area contributed by atoms with E-state index in [1.807, 2.05) is 18.2 Å². The van der Waals surface area contributed by atoms with Crippen LogP contribution in [0.4, 0.5) is 5.69 Å². The van der Waals surface area contributed by atoms with E-state index in [0.717, 1.165) is 48.3 Å². The van der Waals surface area contributed by atoms with Crippen LogP contribution in [0, 0.1) is 0 Å². The van der Waals surface area contributed by atoms with Crippen molar-refractivity contribution >= 4 is 22.5 Å². The zero-order chi connectivity index (χ0) is 17.2. The maximum absolute atomic E-state index is 11.3. The van der Waals surface area contributed by atoms with Crippen LogP contribution in [-0.2, 0) is 4.79 Å². The number of carbonyl (C=O) groups excluding carboxylic acids is 1. The van der Waals surface area contributed by atoms with Crippen LogP contribution in [0.5, 0.6) is 0 Å². The van der Waals surface area contributed by atoms with E-state index >= 15 is 0 Å². The second kappa shape index (κ2) is 6.69. The Bertz CT molecular complexity index is 909. The van der Waals surface area contributed by atoms with Gasteiger partial charge >= 0.3 is 0 Å². The molecule has 2 aromatic carbocycles. The van der Waals surface area contributed by atoms with E-state index in [-0.39, 0.29) is 5.91 Å². The van der Waals surface area contributed by atoms with Gasteiger partial charge in [-0.05, 0) is 61.3 Å². The lowest BCUT2D eigenvalue weighted by Crippen LogP contribution is -2.26. The quantitative estimate of drug-likeness (QED) is 0.685. The van der Waals surface area contributed by atoms with E-state index < -0.39 is 0 Å². The van der Waals surface area contributed by atoms with Crippen molar-refractivity contribution in [2.75, 3.05) is 18.4 Å². The highest BCUT2D eigenvalue weighted by atomic mass is 16.1. The Balaban J connectivity index is 1.72. The smallest absolute Gasteiger partial charge is 0.221 e. The zero-order valence-electron chi connectivity index (χ0n) is 14.3. The van der Waals surface area contributed by atoms with Crippen LogP contribution in [0.15, 0.2) is 42.5 Å². The molecule has 3 aromatic rings. The molecule has 0 aliphatic carbocycles. The first-order chi connectivity index (χ1) is 12.2. The van der Waals surface area contributed by atoms with E-state index in [0.29, 0.717) is 5.92 Å². The van der Waals surface area contributed by atoms with Crippen LogP contribution in [0.2, 0.25) is 0 Å². The number of aromatic nitrogens is 2. The van der Waals surface area contributed by atoms with Gasteiger partial charge in [0.1, 0.15) is 0 Å². The minimum Gasteiger partial charge on any atom is -0.326 e. The van der Waals surface area contributed by atoms with E-state index in [2.05, 4.69) is 45.1 Å². The third kappa shape index (κ3) is 3.28. The summed E-state index contributed by atoms with van der Waals surface area (Å²) in [5, 5.41) is 15.2. The molecule has 0 bridgehead atoms. The number of hydrogen-bond donors (Lipinski definition) is 3. The standard InChI is InChI=1S/C20H22N4O/c1-13(25)22-17-4-2-3-15(11-17)16-5-6-19-18(12-16)20(24-23-19)14-7-9-21-10-8-14/h2-6,11-12,14,21H,7-10H2,1H3,(H,22,25)(H,23,24). The monoisotopic (exact) mass is 334 g/mol. The number of H-pyrrole nitrogens is 1. The van der Waals surface area contributed by atoms with Crippen LogP contribution in [0.25, 0.3) is 22.0 Å². The molecular weight excluding hydrogens is 312 g/mol. The lowest BCUT2D eigenvalue weighted by molar-refractivity contribution is -0.114. The average Bonchev–Trinajstić information content (AvgIpc) is 3.05. The largest absolute Gasteiger partial charge is 0.326 e. The van der Waals surface area contributed by atoms with Gasteiger partial charge in [-0.1, -0.05) is 18.2 Å². The summed E-state index contributed by atoms with van der Waals surface area (Å²) in [7, 11) is 0. The first-order valence-electron chi connectivity index (χ1n) is 8.77. The van der Waals surface area contributed by atoms with E-state index in [9.17, 15) is 4.79 Å². The number of fused-ring (bicyclic) bond motifs is 1. The van der Waals surface area contributed by atoms with Gasteiger partial charge in [0, 0.05) is 29.6 Å². The lowest BCUT2D eigenvalue weighted by Gasteiger charge is -2.21. The summed E-state index contributed by atoms with van der Waals surface area (Å²) in [6, 6.07) is 14.3. The summed E-state index contributed by atoms with van der Waals surface area (Å²) in [6.07, 6.45) is 2.28. The summed E-state index contributed by atoms with van der Waals surface area (Å²) >= 11 is 0. The lowest BCUT2D eigenvalue weighted by atomic mass is 9.91. The van der Waals surface area contributed by atoms with Gasteiger partial charge in [0.2, 0.25) is 5.91 Å². The van der Waals surface area contributed by atoms with Crippen LogP contribution in [0.1, 0.15) is 31.4 Å². The van der Waals surface area contributed by atoms with Crippen molar-refractivity contribution in [3.63, 3.8) is 0 Å². The molecule has 0 atom stereocenters. The van der Waals surface area contributed by atoms with Crippen LogP contribution < -0.4 is 10.6 Å². The molecule has 1 fully saturated rings. The van der Waals surface area contributed by atoms with Gasteiger partial charge in [-0.15, -0.1) is 0 Å². The number of piperidine rings is 1. The fourth-order valence-electron chi connectivity index (χ4n) is 3.61. The molecular formula is C20H22N4O. The number of benzene rings is 2. The van der Waals surface area contributed by atoms with E-state index in [1.165, 1.54) is 18.0 Å². The number of nitrogens with zero attached hydrogens (tertiary/aromatic N) is 1. The van der Waals surface area contributed by atoms with Crippen molar-refractivity contribution < 1.29 is 4.79 Å². The Morgan fingerprint density at radius 2 is 1.92 bits per heavy atom. The van der Waals surface area contributed by atoms with Gasteiger partial charge in [0.25, 0.3) is 0 Å². The number of anilines is 1. The summed E-state index contributed by atoms with van der Waals surface area (Å²) in [4.78, 5) is 11.3. The van der Waals surface area contributed by atoms with E-state index in [4.69, 9.17) is 0 Å². The molecule has 0 unspecified atom stereocenters. The Morgan fingerprint density at radius 1 is 1.12 bits per heavy atom. The highest BCUT2D eigenvalue weighted by Gasteiger charge is 2.19. The maximum Gasteiger partial charge on any atom is 0.221 e. The maximum atomic E-state index is 11.3. The Labute approximate surface area is 146 Å². The van der Waals surface area contributed by atoms with Crippen LogP contribution in [0.3, 0.4) is 0 Å². The van der Waals surface area contributed by atoms with Crippen molar-refractivity contribution in [3.05, 3.63) is 48.2 Å². The Morgan fingerprint density at radius 3 is 2.72 bits per heavy atom. The highest BCUT2D eigenvalue weighted by molar-refractivity contribution is 5.91. The Kier molecular flexibility index (Phi) is 4.24. The third-order valence-corrected chi connectivity index (χ3v) is 4.85. The normalized spacial score (nSPS) is 15.4. The molecule has 0 radical (unpaired) electrons. The van der Waals surface area contributed by atoms with Crippen molar-refractivity contribution in [1.29, 1.82) is 0 Å². The SMILES string of the molecule is CC(=O)Nc1cccc(-c2ccc3n[nH]c(C4CCNCC4)c3c2)c1. The van der Waals surface area contributed by atoms with Crippen LogP contribution >= 0.6 is 0 Å². The van der Waals surface area contributed by atoms with Crippen molar-refractivity contribution in [3.8, 4) is 11.1 Å². The van der Waals surface area contributed by atoms with Crippen molar-refractivity contribution in [1.82, 2.24) is 15.5 Å². The third-order valence-electron chi connectivity index (χ3n) is 4.85. The minimum atomic E-state index is -0.0596. The number of rotatable bonds is 3. The first kappa shape index (κ1) is 15.8. The van der Waals surface area contributed by atoms with Gasteiger partial charge in [0.05, 0.1) is 5.52 Å². The highest BCUT2D eigenvalue weighted by Crippen LogP contribution is 2.32. The number of nitrogens with one attached hydrogen (secondary N) is 3. The molecule has 3 N–H and O–H groups in total. The summed E-state index contributed by atoms with van der Waals surface area (Å²) < 4.78 is 0. The Hall–Kier alpha value is -2.66. The summed E-state index contributed by atoms with van der Waals surface area (Å²) in [5.74, 6) is 0.475. The van der Waals surface area contributed by atoms with Gasteiger partial charge in [-0.25, -0.2) is 0 Å². The molecule has 1 amide bonds. The molecule has 1 aliphatic rings. The summed E-state index contributed by atoms with van der Waals surface area (Å²) in [5.41, 5.74) is 5.30.